The zero-order chi connectivity index (χ0) is 15.0. The second-order valence-electron chi connectivity index (χ2n) is 5.32. The van der Waals surface area contributed by atoms with Crippen LogP contribution in [0, 0.1) is 6.92 Å². The van der Waals surface area contributed by atoms with Crippen molar-refractivity contribution < 1.29 is 4.74 Å². The SMILES string of the molecule is Cc1nn(C)c(Oc2cc(Cl)ccc2Cl)c1CNC1CC1. The lowest BCUT2D eigenvalue weighted by molar-refractivity contribution is 0.424. The van der Waals surface area contributed by atoms with E-state index in [2.05, 4.69) is 10.4 Å². The summed E-state index contributed by atoms with van der Waals surface area (Å²) in [6, 6.07) is 5.81. The Labute approximate surface area is 134 Å². The highest BCUT2D eigenvalue weighted by atomic mass is 35.5. The zero-order valence-electron chi connectivity index (χ0n) is 12.0. The van der Waals surface area contributed by atoms with E-state index in [9.17, 15) is 0 Å². The van der Waals surface area contributed by atoms with Gasteiger partial charge in [-0.1, -0.05) is 23.2 Å². The highest BCUT2D eigenvalue weighted by Gasteiger charge is 2.23. The Balaban J connectivity index is 1.87. The van der Waals surface area contributed by atoms with Crippen LogP contribution in [-0.4, -0.2) is 15.8 Å². The normalized spacial score (nSPS) is 14.5. The predicted molar refractivity (Wildman–Crippen MR) is 84.3 cm³/mol. The number of halogens is 2. The van der Waals surface area contributed by atoms with Crippen molar-refractivity contribution in [2.45, 2.75) is 32.4 Å². The lowest BCUT2D eigenvalue weighted by Crippen LogP contribution is -2.16. The molecule has 1 aromatic heterocycles. The van der Waals surface area contributed by atoms with Crippen molar-refractivity contribution >= 4 is 23.2 Å². The molecule has 0 amide bonds. The first-order valence-corrected chi connectivity index (χ1v) is 7.69. The van der Waals surface area contributed by atoms with Crippen LogP contribution in [0.5, 0.6) is 11.6 Å². The van der Waals surface area contributed by atoms with Crippen LogP contribution in [0.2, 0.25) is 10.0 Å². The van der Waals surface area contributed by atoms with Crippen LogP contribution in [0.25, 0.3) is 0 Å². The highest BCUT2D eigenvalue weighted by molar-refractivity contribution is 6.34. The van der Waals surface area contributed by atoms with Gasteiger partial charge in [-0.25, -0.2) is 4.68 Å². The van der Waals surface area contributed by atoms with Gasteiger partial charge in [-0.05, 0) is 31.9 Å². The molecule has 112 valence electrons. The lowest BCUT2D eigenvalue weighted by Gasteiger charge is -2.11. The minimum Gasteiger partial charge on any atom is -0.437 e. The van der Waals surface area contributed by atoms with E-state index in [0.29, 0.717) is 27.7 Å². The molecule has 0 aliphatic heterocycles. The van der Waals surface area contributed by atoms with E-state index < -0.39 is 0 Å². The fraction of sp³-hybridized carbons (Fsp3) is 0.400. The number of hydrogen-bond donors (Lipinski definition) is 1. The van der Waals surface area contributed by atoms with Gasteiger partial charge in [0.1, 0.15) is 5.75 Å². The van der Waals surface area contributed by atoms with Crippen molar-refractivity contribution in [1.29, 1.82) is 0 Å². The number of aryl methyl sites for hydroxylation is 2. The van der Waals surface area contributed by atoms with Crippen LogP contribution in [0.3, 0.4) is 0 Å². The molecule has 0 unspecified atom stereocenters. The number of ether oxygens (including phenoxy) is 1. The molecule has 0 bridgehead atoms. The van der Waals surface area contributed by atoms with Crippen molar-refractivity contribution in [2.24, 2.45) is 7.05 Å². The Bertz CT molecular complexity index is 665. The predicted octanol–water partition coefficient (Wildman–Crippen LogP) is 4.08. The number of nitrogens with one attached hydrogen (secondary N) is 1. The van der Waals surface area contributed by atoms with Crippen LogP contribution in [0.15, 0.2) is 18.2 Å². The molecule has 21 heavy (non-hydrogen) atoms. The molecule has 1 heterocycles. The zero-order valence-corrected chi connectivity index (χ0v) is 13.5. The Hall–Kier alpha value is -1.23. The van der Waals surface area contributed by atoms with Gasteiger partial charge in [-0.15, -0.1) is 0 Å². The van der Waals surface area contributed by atoms with Crippen molar-refractivity contribution in [3.8, 4) is 11.6 Å². The molecular formula is C15H17Cl2N3O. The van der Waals surface area contributed by atoms with Crippen molar-refractivity contribution in [3.63, 3.8) is 0 Å². The molecular weight excluding hydrogens is 309 g/mol. The molecule has 1 aromatic carbocycles. The number of nitrogens with zero attached hydrogens (tertiary/aromatic N) is 2. The number of rotatable bonds is 5. The van der Waals surface area contributed by atoms with Crippen LogP contribution >= 0.6 is 23.2 Å². The first-order chi connectivity index (χ1) is 10.0. The van der Waals surface area contributed by atoms with E-state index >= 15 is 0 Å². The average Bonchev–Trinajstić information content (AvgIpc) is 3.21. The van der Waals surface area contributed by atoms with Crippen molar-refractivity contribution in [1.82, 2.24) is 15.1 Å². The highest BCUT2D eigenvalue weighted by Crippen LogP contribution is 2.34. The Morgan fingerprint density at radius 2 is 2.14 bits per heavy atom. The van der Waals surface area contributed by atoms with Gasteiger partial charge in [0.05, 0.1) is 16.3 Å². The molecule has 3 rings (SSSR count). The largest absolute Gasteiger partial charge is 0.437 e. The summed E-state index contributed by atoms with van der Waals surface area (Å²) in [5, 5.41) is 9.04. The maximum Gasteiger partial charge on any atom is 0.222 e. The second-order valence-corrected chi connectivity index (χ2v) is 6.17. The molecule has 1 saturated carbocycles. The quantitative estimate of drug-likeness (QED) is 0.900. The number of benzene rings is 1. The average molecular weight is 326 g/mol. The molecule has 0 spiro atoms. The minimum atomic E-state index is 0.527. The molecule has 0 saturated heterocycles. The molecule has 0 radical (unpaired) electrons. The molecule has 1 aliphatic rings. The van der Waals surface area contributed by atoms with E-state index in [1.807, 2.05) is 14.0 Å². The summed E-state index contributed by atoms with van der Waals surface area (Å²) in [6.07, 6.45) is 2.49. The van der Waals surface area contributed by atoms with Gasteiger partial charge < -0.3 is 10.1 Å². The van der Waals surface area contributed by atoms with Crippen molar-refractivity contribution in [3.05, 3.63) is 39.5 Å². The summed E-state index contributed by atoms with van der Waals surface area (Å²) in [7, 11) is 1.86. The standard InChI is InChI=1S/C15H17Cl2N3O/c1-9-12(8-18-11-4-5-11)15(20(2)19-9)21-14-7-10(16)3-6-13(14)17/h3,6-7,11,18H,4-5,8H2,1-2H3. The first-order valence-electron chi connectivity index (χ1n) is 6.93. The van der Waals surface area contributed by atoms with Gasteiger partial charge in [0, 0.05) is 30.7 Å². The third kappa shape index (κ3) is 3.34. The van der Waals surface area contributed by atoms with E-state index in [4.69, 9.17) is 27.9 Å². The monoisotopic (exact) mass is 325 g/mol. The maximum absolute atomic E-state index is 6.17. The number of aromatic nitrogens is 2. The summed E-state index contributed by atoms with van der Waals surface area (Å²) < 4.78 is 7.70. The van der Waals surface area contributed by atoms with Crippen LogP contribution in [0.1, 0.15) is 24.1 Å². The molecule has 1 N–H and O–H groups in total. The molecule has 6 heteroatoms. The van der Waals surface area contributed by atoms with E-state index in [1.54, 1.807) is 22.9 Å². The third-order valence-corrected chi connectivity index (χ3v) is 4.08. The summed E-state index contributed by atoms with van der Waals surface area (Å²) >= 11 is 12.2. The molecule has 0 atom stereocenters. The summed E-state index contributed by atoms with van der Waals surface area (Å²) in [4.78, 5) is 0. The van der Waals surface area contributed by atoms with Crippen LogP contribution in [0.4, 0.5) is 0 Å². The fourth-order valence-electron chi connectivity index (χ4n) is 2.21. The van der Waals surface area contributed by atoms with Gasteiger partial charge in [-0.2, -0.15) is 5.10 Å². The number of hydrogen-bond acceptors (Lipinski definition) is 3. The molecule has 2 aromatic rings. The van der Waals surface area contributed by atoms with Gasteiger partial charge in [0.15, 0.2) is 0 Å². The second kappa shape index (κ2) is 5.87. The van der Waals surface area contributed by atoms with Crippen LogP contribution < -0.4 is 10.1 Å². The van der Waals surface area contributed by atoms with Gasteiger partial charge >= 0.3 is 0 Å². The Morgan fingerprint density at radius 3 is 2.86 bits per heavy atom. The summed E-state index contributed by atoms with van der Waals surface area (Å²) in [5.74, 6) is 1.24. The van der Waals surface area contributed by atoms with Crippen LogP contribution in [-0.2, 0) is 13.6 Å². The van der Waals surface area contributed by atoms with Crippen molar-refractivity contribution in [2.75, 3.05) is 0 Å². The Morgan fingerprint density at radius 1 is 1.38 bits per heavy atom. The van der Waals surface area contributed by atoms with E-state index in [0.717, 1.165) is 17.8 Å². The maximum atomic E-state index is 6.17. The first kappa shape index (κ1) is 14.7. The van der Waals surface area contributed by atoms with Gasteiger partial charge in [-0.3, -0.25) is 0 Å². The summed E-state index contributed by atoms with van der Waals surface area (Å²) in [6.45, 7) is 2.73. The molecule has 1 aliphatic carbocycles. The fourth-order valence-corrected chi connectivity index (χ4v) is 2.52. The molecule has 1 fully saturated rings. The van der Waals surface area contributed by atoms with Gasteiger partial charge in [0.25, 0.3) is 0 Å². The smallest absolute Gasteiger partial charge is 0.222 e. The molecule has 4 nitrogen and oxygen atoms in total. The van der Waals surface area contributed by atoms with Gasteiger partial charge in [0.2, 0.25) is 5.88 Å². The van der Waals surface area contributed by atoms with E-state index in [-0.39, 0.29) is 0 Å². The minimum absolute atomic E-state index is 0.527. The lowest BCUT2D eigenvalue weighted by atomic mass is 10.2. The Kier molecular flexibility index (Phi) is 4.11. The topological polar surface area (TPSA) is 39.1 Å². The summed E-state index contributed by atoms with van der Waals surface area (Å²) in [5.41, 5.74) is 2.01. The van der Waals surface area contributed by atoms with E-state index in [1.165, 1.54) is 12.8 Å². The third-order valence-electron chi connectivity index (χ3n) is 3.53.